The van der Waals surface area contributed by atoms with Gasteiger partial charge in [-0.2, -0.15) is 0 Å². The fourth-order valence-corrected chi connectivity index (χ4v) is 1.81. The molecule has 2 aromatic carbocycles. The van der Waals surface area contributed by atoms with Gasteiger partial charge in [0.25, 0.3) is 0 Å². The van der Waals surface area contributed by atoms with E-state index in [0.717, 1.165) is 18.2 Å². The maximum Gasteiger partial charge on any atom is 0.311 e. The van der Waals surface area contributed by atoms with Gasteiger partial charge in [0.1, 0.15) is 17.4 Å². The number of ether oxygens (including phenoxy) is 1. The molecule has 3 N–H and O–H groups in total. The Balaban J connectivity index is 2.40. The van der Waals surface area contributed by atoms with Gasteiger partial charge in [0.15, 0.2) is 0 Å². The smallest absolute Gasteiger partial charge is 0.311 e. The van der Waals surface area contributed by atoms with Crippen LogP contribution >= 0.6 is 11.6 Å². The molecule has 0 aliphatic rings. The molecule has 0 bridgehead atoms. The summed E-state index contributed by atoms with van der Waals surface area (Å²) in [6, 6.07) is 7.11. The van der Waals surface area contributed by atoms with E-state index in [2.05, 4.69) is 0 Å². The van der Waals surface area contributed by atoms with Gasteiger partial charge in [0, 0.05) is 17.7 Å². The second-order valence-electron chi connectivity index (χ2n) is 4.03. The number of hydrogen-bond donors (Lipinski definition) is 2. The molecule has 0 heterocycles. The molecule has 0 fully saturated rings. The first-order chi connectivity index (χ1) is 9.88. The monoisotopic (exact) mass is 309 g/mol. The van der Waals surface area contributed by atoms with Gasteiger partial charge in [-0.3, -0.25) is 15.5 Å². The highest BCUT2D eigenvalue weighted by Crippen LogP contribution is 2.35. The summed E-state index contributed by atoms with van der Waals surface area (Å²) >= 11 is 5.95. The van der Waals surface area contributed by atoms with Crippen LogP contribution in [-0.2, 0) is 0 Å². The minimum Gasteiger partial charge on any atom is -0.448 e. The lowest BCUT2D eigenvalue weighted by atomic mass is 10.2. The van der Waals surface area contributed by atoms with Crippen molar-refractivity contribution in [1.82, 2.24) is 0 Å². The molecule has 0 radical (unpaired) electrons. The molecule has 2 rings (SSSR count). The van der Waals surface area contributed by atoms with Crippen molar-refractivity contribution in [3.8, 4) is 11.5 Å². The van der Waals surface area contributed by atoms with Crippen molar-refractivity contribution in [3.63, 3.8) is 0 Å². The molecule has 0 spiro atoms. The molecule has 0 aromatic heterocycles. The third-order valence-corrected chi connectivity index (χ3v) is 2.88. The van der Waals surface area contributed by atoms with Gasteiger partial charge in [0.05, 0.1) is 9.95 Å². The Morgan fingerprint density at radius 3 is 2.57 bits per heavy atom. The first-order valence-electron chi connectivity index (χ1n) is 5.64. The molecule has 108 valence electrons. The van der Waals surface area contributed by atoms with Crippen LogP contribution in [0.3, 0.4) is 0 Å². The Kier molecular flexibility index (Phi) is 4.04. The third-order valence-electron chi connectivity index (χ3n) is 2.58. The van der Waals surface area contributed by atoms with E-state index in [1.807, 2.05) is 0 Å². The number of amidine groups is 1. The zero-order chi connectivity index (χ0) is 15.6. The van der Waals surface area contributed by atoms with Crippen LogP contribution in [0, 0.1) is 21.3 Å². The highest BCUT2D eigenvalue weighted by molar-refractivity contribution is 6.32. The number of benzene rings is 2. The van der Waals surface area contributed by atoms with Crippen LogP contribution in [0.1, 0.15) is 5.56 Å². The number of halogens is 2. The van der Waals surface area contributed by atoms with Crippen molar-refractivity contribution < 1.29 is 14.1 Å². The number of nitro benzene ring substituents is 1. The number of nitro groups is 1. The van der Waals surface area contributed by atoms with Gasteiger partial charge in [-0.15, -0.1) is 0 Å². The van der Waals surface area contributed by atoms with E-state index in [4.69, 9.17) is 27.5 Å². The number of nitrogens with two attached hydrogens (primary N) is 1. The van der Waals surface area contributed by atoms with E-state index in [-0.39, 0.29) is 28.0 Å². The van der Waals surface area contributed by atoms with Gasteiger partial charge >= 0.3 is 5.69 Å². The number of nitrogens with zero attached hydrogens (tertiary/aromatic N) is 1. The Morgan fingerprint density at radius 1 is 1.29 bits per heavy atom. The quantitative estimate of drug-likeness (QED) is 0.390. The molecule has 21 heavy (non-hydrogen) atoms. The van der Waals surface area contributed by atoms with Crippen LogP contribution in [0.4, 0.5) is 10.1 Å². The molecule has 8 heteroatoms. The lowest BCUT2D eigenvalue weighted by Crippen LogP contribution is -2.10. The van der Waals surface area contributed by atoms with Crippen LogP contribution in [0.25, 0.3) is 0 Å². The van der Waals surface area contributed by atoms with Gasteiger partial charge in [-0.05, 0) is 24.3 Å². The Hall–Kier alpha value is -2.67. The van der Waals surface area contributed by atoms with E-state index < -0.39 is 10.7 Å². The predicted molar refractivity (Wildman–Crippen MR) is 75.6 cm³/mol. The predicted octanol–water partition coefficient (Wildman–Crippen LogP) is 3.46. The molecule has 0 amide bonds. The molecule has 6 nitrogen and oxygen atoms in total. The Labute approximate surface area is 123 Å². The van der Waals surface area contributed by atoms with Crippen molar-refractivity contribution in [2.45, 2.75) is 0 Å². The normalized spacial score (nSPS) is 10.2. The van der Waals surface area contributed by atoms with Crippen molar-refractivity contribution in [2.75, 3.05) is 0 Å². The second-order valence-corrected chi connectivity index (χ2v) is 4.44. The maximum atomic E-state index is 13.2. The largest absolute Gasteiger partial charge is 0.448 e. The van der Waals surface area contributed by atoms with Gasteiger partial charge in [0.2, 0.25) is 5.75 Å². The fraction of sp³-hybridized carbons (Fsp3) is 0. The van der Waals surface area contributed by atoms with Gasteiger partial charge < -0.3 is 10.5 Å². The molecule has 0 aliphatic heterocycles. The molecule has 0 unspecified atom stereocenters. The van der Waals surface area contributed by atoms with Crippen molar-refractivity contribution in [2.24, 2.45) is 5.73 Å². The summed E-state index contributed by atoms with van der Waals surface area (Å²) in [6.45, 7) is 0. The topological polar surface area (TPSA) is 102 Å². The fourth-order valence-electron chi connectivity index (χ4n) is 1.59. The summed E-state index contributed by atoms with van der Waals surface area (Å²) in [5.74, 6) is -1.03. The van der Waals surface area contributed by atoms with Crippen molar-refractivity contribution >= 4 is 23.1 Å². The molecule has 0 saturated carbocycles. The molecular weight excluding hydrogens is 301 g/mol. The van der Waals surface area contributed by atoms with Crippen molar-refractivity contribution in [3.05, 3.63) is 62.9 Å². The number of hydrogen-bond acceptors (Lipinski definition) is 4. The first-order valence-corrected chi connectivity index (χ1v) is 6.02. The lowest BCUT2D eigenvalue weighted by Gasteiger charge is -2.09. The van der Waals surface area contributed by atoms with E-state index in [0.29, 0.717) is 5.56 Å². The van der Waals surface area contributed by atoms with Crippen LogP contribution in [-0.4, -0.2) is 10.8 Å². The average molecular weight is 310 g/mol. The third kappa shape index (κ3) is 3.26. The Morgan fingerprint density at radius 2 is 2.00 bits per heavy atom. The van der Waals surface area contributed by atoms with E-state index in [9.17, 15) is 14.5 Å². The molecule has 0 atom stereocenters. The molecule has 0 saturated heterocycles. The minimum absolute atomic E-state index is 0.0929. The van der Waals surface area contributed by atoms with Gasteiger partial charge in [-0.25, -0.2) is 4.39 Å². The number of rotatable bonds is 4. The number of nitrogen functional groups attached to an aromatic ring is 1. The molecule has 0 aliphatic carbocycles. The Bertz CT molecular complexity index is 737. The summed E-state index contributed by atoms with van der Waals surface area (Å²) < 4.78 is 18.5. The summed E-state index contributed by atoms with van der Waals surface area (Å²) in [4.78, 5) is 10.2. The first kappa shape index (κ1) is 14.7. The molecule has 2 aromatic rings. The second kappa shape index (κ2) is 5.76. The van der Waals surface area contributed by atoms with E-state index in [1.165, 1.54) is 18.2 Å². The van der Waals surface area contributed by atoms with Crippen LogP contribution in [0.2, 0.25) is 5.02 Å². The zero-order valence-electron chi connectivity index (χ0n) is 10.5. The summed E-state index contributed by atoms with van der Waals surface area (Å²) in [6.07, 6.45) is 0. The SMILES string of the molecule is N=C(N)c1ccc(Oc2cc(F)ccc2[N+](=O)[O-])c(Cl)c1. The van der Waals surface area contributed by atoms with Gasteiger partial charge in [-0.1, -0.05) is 11.6 Å². The standard InChI is InChI=1S/C13H9ClFN3O3/c14-9-5-7(13(16)17)1-4-11(9)21-12-6-8(15)2-3-10(12)18(19)20/h1-6H,(H3,16,17). The van der Waals surface area contributed by atoms with E-state index >= 15 is 0 Å². The minimum atomic E-state index is -0.688. The van der Waals surface area contributed by atoms with Crippen LogP contribution in [0.15, 0.2) is 36.4 Å². The number of nitrogens with one attached hydrogen (secondary N) is 1. The van der Waals surface area contributed by atoms with Crippen molar-refractivity contribution in [1.29, 1.82) is 5.41 Å². The maximum absolute atomic E-state index is 13.2. The highest BCUT2D eigenvalue weighted by atomic mass is 35.5. The summed E-state index contributed by atoms with van der Waals surface area (Å²) in [7, 11) is 0. The zero-order valence-corrected chi connectivity index (χ0v) is 11.2. The summed E-state index contributed by atoms with van der Waals surface area (Å²) in [5, 5.41) is 18.3. The highest BCUT2D eigenvalue weighted by Gasteiger charge is 2.18. The summed E-state index contributed by atoms with van der Waals surface area (Å²) in [5.41, 5.74) is 5.30. The average Bonchev–Trinajstić information content (AvgIpc) is 2.40. The van der Waals surface area contributed by atoms with Crippen LogP contribution in [0.5, 0.6) is 11.5 Å². The van der Waals surface area contributed by atoms with Crippen LogP contribution < -0.4 is 10.5 Å². The lowest BCUT2D eigenvalue weighted by molar-refractivity contribution is -0.385. The molecular formula is C13H9ClFN3O3. The van der Waals surface area contributed by atoms with E-state index in [1.54, 1.807) is 0 Å².